The Bertz CT molecular complexity index is 470. The second kappa shape index (κ2) is 5.20. The zero-order valence-corrected chi connectivity index (χ0v) is 8.77. The van der Waals surface area contributed by atoms with Gasteiger partial charge in [0.05, 0.1) is 18.1 Å². The molecule has 17 heavy (non-hydrogen) atoms. The topological polar surface area (TPSA) is 130 Å². The largest absolute Gasteiger partial charge is 0.476 e. The molecule has 8 nitrogen and oxygen atoms in total. The summed E-state index contributed by atoms with van der Waals surface area (Å²) in [4.78, 5) is 13.5. The Hall–Kier alpha value is -2.24. The average Bonchev–Trinajstić information content (AvgIpc) is 2.35. The fourth-order valence-corrected chi connectivity index (χ4v) is 1.16. The molecule has 1 rings (SSSR count). The van der Waals surface area contributed by atoms with Crippen molar-refractivity contribution >= 4 is 5.69 Å². The molecule has 2 unspecified atom stereocenters. The summed E-state index contributed by atoms with van der Waals surface area (Å²) >= 11 is 0. The van der Waals surface area contributed by atoms with Gasteiger partial charge in [-0.3, -0.25) is 10.1 Å². The smallest absolute Gasteiger partial charge is 0.331 e. The van der Waals surface area contributed by atoms with Crippen LogP contribution >= 0.6 is 0 Å². The van der Waals surface area contributed by atoms with Crippen LogP contribution in [0.4, 0.5) is 5.69 Å². The predicted octanol–water partition coefficient (Wildman–Crippen LogP) is -0.0837. The molecule has 0 aliphatic heterocycles. The number of aromatic nitrogens is 1. The van der Waals surface area contributed by atoms with Gasteiger partial charge in [-0.1, -0.05) is 0 Å². The highest BCUT2D eigenvalue weighted by molar-refractivity contribution is 5.43. The van der Waals surface area contributed by atoms with Gasteiger partial charge in [0.25, 0.3) is 5.88 Å². The summed E-state index contributed by atoms with van der Waals surface area (Å²) < 4.78 is 4.67. The van der Waals surface area contributed by atoms with Crippen molar-refractivity contribution in [1.29, 1.82) is 5.26 Å². The third kappa shape index (κ3) is 2.66. The highest BCUT2D eigenvalue weighted by Crippen LogP contribution is 2.28. The molecule has 1 aromatic rings. The fourth-order valence-electron chi connectivity index (χ4n) is 1.16. The molecular formula is C9H9N3O5. The Morgan fingerprint density at radius 3 is 2.76 bits per heavy atom. The van der Waals surface area contributed by atoms with E-state index >= 15 is 0 Å². The molecule has 90 valence electrons. The Morgan fingerprint density at radius 1 is 1.65 bits per heavy atom. The van der Waals surface area contributed by atoms with Gasteiger partial charge in [0.1, 0.15) is 6.10 Å². The second-order valence-corrected chi connectivity index (χ2v) is 3.07. The summed E-state index contributed by atoms with van der Waals surface area (Å²) in [6.07, 6.45) is -2.14. The van der Waals surface area contributed by atoms with E-state index in [1.165, 1.54) is 13.2 Å². The molecule has 1 aromatic heterocycles. The molecule has 0 bridgehead atoms. The fraction of sp³-hybridized carbons (Fsp3) is 0.333. The van der Waals surface area contributed by atoms with Crippen LogP contribution in [0.3, 0.4) is 0 Å². The first-order chi connectivity index (χ1) is 8.01. The summed E-state index contributed by atoms with van der Waals surface area (Å²) in [6.45, 7) is 0. The molecule has 0 saturated carbocycles. The quantitative estimate of drug-likeness (QED) is 0.426. The van der Waals surface area contributed by atoms with Crippen molar-refractivity contribution in [1.82, 2.24) is 4.98 Å². The summed E-state index contributed by atoms with van der Waals surface area (Å²) in [6, 6.07) is 2.41. The van der Waals surface area contributed by atoms with Crippen LogP contribution in [-0.2, 0) is 0 Å². The van der Waals surface area contributed by atoms with Gasteiger partial charge in [0, 0.05) is 17.8 Å². The molecule has 0 aliphatic rings. The van der Waals surface area contributed by atoms with Gasteiger partial charge in [-0.25, -0.2) is 4.98 Å². The van der Waals surface area contributed by atoms with E-state index in [-0.39, 0.29) is 11.4 Å². The van der Waals surface area contributed by atoms with Crippen molar-refractivity contribution in [2.75, 3.05) is 7.11 Å². The minimum atomic E-state index is -1.68. The van der Waals surface area contributed by atoms with E-state index in [4.69, 9.17) is 10.4 Å². The van der Waals surface area contributed by atoms with E-state index in [0.717, 1.165) is 12.3 Å². The summed E-state index contributed by atoms with van der Waals surface area (Å²) in [5.74, 6) is -0.211. The summed E-state index contributed by atoms with van der Waals surface area (Å²) in [5.41, 5.74) is -0.485. The van der Waals surface area contributed by atoms with Crippen LogP contribution in [0.5, 0.6) is 5.88 Å². The Morgan fingerprint density at radius 2 is 2.29 bits per heavy atom. The van der Waals surface area contributed by atoms with E-state index in [1.54, 1.807) is 0 Å². The number of nitriles is 1. The molecule has 0 aliphatic carbocycles. The van der Waals surface area contributed by atoms with Crippen molar-refractivity contribution in [3.63, 3.8) is 0 Å². The van der Waals surface area contributed by atoms with E-state index in [2.05, 4.69) is 9.72 Å². The van der Waals surface area contributed by atoms with Crippen LogP contribution in [0.1, 0.15) is 11.7 Å². The number of nitrogens with zero attached hydrogens (tertiary/aromatic N) is 3. The number of hydrogen-bond acceptors (Lipinski definition) is 7. The van der Waals surface area contributed by atoms with Crippen molar-refractivity contribution in [2.24, 2.45) is 0 Å². The van der Waals surface area contributed by atoms with Crippen LogP contribution in [0.25, 0.3) is 0 Å². The van der Waals surface area contributed by atoms with Crippen LogP contribution in [0.2, 0.25) is 0 Å². The van der Waals surface area contributed by atoms with Crippen molar-refractivity contribution in [3.8, 4) is 11.9 Å². The lowest BCUT2D eigenvalue weighted by atomic mass is 10.1. The summed E-state index contributed by atoms with van der Waals surface area (Å²) in [7, 11) is 1.22. The standard InChI is InChI=1S/C9H9N3O5/c1-17-9-6(12(15)16)2-5(4-11-9)8(14)7(13)3-10/h2,4,7-8,13-14H,1H3. The zero-order valence-electron chi connectivity index (χ0n) is 8.77. The molecule has 0 saturated heterocycles. The maximum atomic E-state index is 10.7. The highest BCUT2D eigenvalue weighted by atomic mass is 16.6. The normalized spacial score (nSPS) is 13.5. The first-order valence-corrected chi connectivity index (χ1v) is 4.45. The molecule has 0 amide bonds. The summed E-state index contributed by atoms with van der Waals surface area (Å²) in [5, 5.41) is 37.7. The first-order valence-electron chi connectivity index (χ1n) is 4.45. The van der Waals surface area contributed by atoms with E-state index in [0.29, 0.717) is 0 Å². The molecule has 2 atom stereocenters. The molecular weight excluding hydrogens is 230 g/mol. The number of nitro groups is 1. The van der Waals surface area contributed by atoms with Gasteiger partial charge in [-0.05, 0) is 0 Å². The average molecular weight is 239 g/mol. The van der Waals surface area contributed by atoms with Gasteiger partial charge in [-0.15, -0.1) is 0 Å². The van der Waals surface area contributed by atoms with Gasteiger partial charge in [0.2, 0.25) is 0 Å². The van der Waals surface area contributed by atoms with Gasteiger partial charge >= 0.3 is 5.69 Å². The minimum absolute atomic E-state index is 0.0356. The van der Waals surface area contributed by atoms with Crippen molar-refractivity contribution in [2.45, 2.75) is 12.2 Å². The maximum absolute atomic E-state index is 10.7. The first kappa shape index (κ1) is 12.8. The van der Waals surface area contributed by atoms with E-state index < -0.39 is 22.8 Å². The Labute approximate surface area is 95.9 Å². The Balaban J connectivity index is 3.17. The lowest BCUT2D eigenvalue weighted by Gasteiger charge is -2.11. The third-order valence-electron chi connectivity index (χ3n) is 2.02. The number of methoxy groups -OCH3 is 1. The van der Waals surface area contributed by atoms with Crippen LogP contribution in [0.15, 0.2) is 12.3 Å². The predicted molar refractivity (Wildman–Crippen MR) is 54.0 cm³/mol. The van der Waals surface area contributed by atoms with Gasteiger partial charge in [0.15, 0.2) is 6.10 Å². The number of aliphatic hydroxyl groups excluding tert-OH is 2. The van der Waals surface area contributed by atoms with E-state index in [9.17, 15) is 15.2 Å². The number of aliphatic hydroxyl groups is 2. The number of rotatable bonds is 4. The molecule has 0 spiro atoms. The minimum Gasteiger partial charge on any atom is -0.476 e. The number of hydrogen-bond donors (Lipinski definition) is 2. The number of ether oxygens (including phenoxy) is 1. The van der Waals surface area contributed by atoms with Crippen molar-refractivity contribution in [3.05, 3.63) is 27.9 Å². The Kier molecular flexibility index (Phi) is 3.92. The third-order valence-corrected chi connectivity index (χ3v) is 2.02. The van der Waals surface area contributed by atoms with Gasteiger partial charge < -0.3 is 14.9 Å². The number of pyridine rings is 1. The molecule has 8 heteroatoms. The van der Waals surface area contributed by atoms with Crippen LogP contribution in [0, 0.1) is 21.4 Å². The SMILES string of the molecule is COc1ncc(C(O)C(O)C#N)cc1[N+](=O)[O-]. The molecule has 2 N–H and O–H groups in total. The molecule has 0 aromatic carbocycles. The van der Waals surface area contributed by atoms with E-state index in [1.807, 2.05) is 0 Å². The lowest BCUT2D eigenvalue weighted by Crippen LogP contribution is -2.16. The zero-order chi connectivity index (χ0) is 13.0. The monoisotopic (exact) mass is 239 g/mol. The molecule has 0 radical (unpaired) electrons. The van der Waals surface area contributed by atoms with Crippen LogP contribution in [-0.4, -0.2) is 33.3 Å². The molecule has 1 heterocycles. The second-order valence-electron chi connectivity index (χ2n) is 3.07. The molecule has 0 fully saturated rings. The maximum Gasteiger partial charge on any atom is 0.331 e. The van der Waals surface area contributed by atoms with Crippen molar-refractivity contribution < 1.29 is 19.9 Å². The van der Waals surface area contributed by atoms with Crippen LogP contribution < -0.4 is 4.74 Å². The lowest BCUT2D eigenvalue weighted by molar-refractivity contribution is -0.386. The van der Waals surface area contributed by atoms with Gasteiger partial charge in [-0.2, -0.15) is 5.26 Å². The highest BCUT2D eigenvalue weighted by Gasteiger charge is 2.23.